The van der Waals surface area contributed by atoms with Crippen LogP contribution in [-0.4, -0.2) is 53.0 Å². The first-order valence-electron chi connectivity index (χ1n) is 11.5. The number of ether oxygens (including phenoxy) is 2. The third-order valence-electron chi connectivity index (χ3n) is 6.15. The zero-order valence-electron chi connectivity index (χ0n) is 20.2. The predicted molar refractivity (Wildman–Crippen MR) is 130 cm³/mol. The summed E-state index contributed by atoms with van der Waals surface area (Å²) >= 11 is 0. The van der Waals surface area contributed by atoms with Crippen LogP contribution in [0, 0.1) is 6.92 Å². The third kappa shape index (κ3) is 5.11. The first-order chi connectivity index (χ1) is 16.4. The van der Waals surface area contributed by atoms with Gasteiger partial charge in [0.2, 0.25) is 0 Å². The average molecular weight is 462 g/mol. The summed E-state index contributed by atoms with van der Waals surface area (Å²) < 4.78 is 11.4. The first kappa shape index (κ1) is 23.5. The molecule has 1 aromatic carbocycles. The number of methoxy groups -OCH3 is 1. The molecule has 0 spiro atoms. The van der Waals surface area contributed by atoms with Gasteiger partial charge in [0.05, 0.1) is 12.8 Å². The van der Waals surface area contributed by atoms with Crippen LogP contribution in [-0.2, 0) is 12.0 Å². The van der Waals surface area contributed by atoms with Gasteiger partial charge in [-0.15, -0.1) is 0 Å². The molecule has 34 heavy (non-hydrogen) atoms. The molecule has 3 aromatic rings. The average Bonchev–Trinajstić information content (AvgIpc) is 2.87. The van der Waals surface area contributed by atoms with E-state index in [0.717, 1.165) is 35.9 Å². The molecular formula is C26H31N5O3. The molecule has 0 unspecified atom stereocenters. The number of aryl methyl sites for hydroxylation is 1. The van der Waals surface area contributed by atoms with Crippen molar-refractivity contribution in [1.82, 2.24) is 19.9 Å². The number of likely N-dealkylation sites (tertiary alicyclic amines) is 1. The van der Waals surface area contributed by atoms with E-state index in [1.807, 2.05) is 43.1 Å². The van der Waals surface area contributed by atoms with E-state index < -0.39 is 0 Å². The Morgan fingerprint density at radius 2 is 2.03 bits per heavy atom. The van der Waals surface area contributed by atoms with Crippen molar-refractivity contribution >= 4 is 11.7 Å². The summed E-state index contributed by atoms with van der Waals surface area (Å²) in [5.41, 5.74) is 1.97. The van der Waals surface area contributed by atoms with E-state index in [4.69, 9.17) is 19.4 Å². The van der Waals surface area contributed by atoms with Crippen LogP contribution in [0.1, 0.15) is 47.3 Å². The summed E-state index contributed by atoms with van der Waals surface area (Å²) in [5.74, 6) is 2.61. The second kappa shape index (κ2) is 10.1. The third-order valence-corrected chi connectivity index (χ3v) is 6.15. The largest absolute Gasteiger partial charge is 0.493 e. The Bertz CT molecular complexity index is 1150. The van der Waals surface area contributed by atoms with Gasteiger partial charge in [0, 0.05) is 49.1 Å². The number of hydrogen-bond donors (Lipinski definition) is 1. The first-order valence-corrected chi connectivity index (χ1v) is 11.5. The SMILES string of the molecule is CNc1cc(C)nc([C@]2(C)CCCN(C(=O)c3ccc(OCc4ccccn4)c(OC)c3)C2)n1. The summed E-state index contributed by atoms with van der Waals surface area (Å²) in [6, 6.07) is 12.9. The summed E-state index contributed by atoms with van der Waals surface area (Å²) in [4.78, 5) is 29.0. The number of amides is 1. The fraction of sp³-hybridized carbons (Fsp3) is 0.385. The summed E-state index contributed by atoms with van der Waals surface area (Å²) in [6.45, 7) is 5.67. The highest BCUT2D eigenvalue weighted by molar-refractivity contribution is 5.95. The van der Waals surface area contributed by atoms with Crippen LogP contribution in [0.25, 0.3) is 0 Å². The number of hydrogen-bond acceptors (Lipinski definition) is 7. The molecular weight excluding hydrogens is 430 g/mol. The Morgan fingerprint density at radius 1 is 1.18 bits per heavy atom. The quantitative estimate of drug-likeness (QED) is 0.569. The summed E-state index contributed by atoms with van der Waals surface area (Å²) in [7, 11) is 3.42. The van der Waals surface area contributed by atoms with Crippen LogP contribution in [0.5, 0.6) is 11.5 Å². The van der Waals surface area contributed by atoms with Crippen LogP contribution < -0.4 is 14.8 Å². The number of anilines is 1. The molecule has 4 rings (SSSR count). The maximum Gasteiger partial charge on any atom is 0.254 e. The molecule has 0 radical (unpaired) electrons. The number of benzene rings is 1. The monoisotopic (exact) mass is 461 g/mol. The van der Waals surface area contributed by atoms with Gasteiger partial charge in [-0.3, -0.25) is 9.78 Å². The molecule has 1 aliphatic rings. The molecule has 8 heteroatoms. The van der Waals surface area contributed by atoms with Gasteiger partial charge in [-0.25, -0.2) is 9.97 Å². The molecule has 3 heterocycles. The van der Waals surface area contributed by atoms with Crippen molar-refractivity contribution in [2.45, 2.75) is 38.7 Å². The maximum absolute atomic E-state index is 13.4. The lowest BCUT2D eigenvalue weighted by molar-refractivity contribution is 0.0643. The van der Waals surface area contributed by atoms with E-state index in [9.17, 15) is 4.79 Å². The number of aromatic nitrogens is 3. The van der Waals surface area contributed by atoms with E-state index >= 15 is 0 Å². The van der Waals surface area contributed by atoms with Crippen LogP contribution in [0.15, 0.2) is 48.7 Å². The maximum atomic E-state index is 13.4. The van der Waals surface area contributed by atoms with E-state index in [2.05, 4.69) is 17.2 Å². The molecule has 1 N–H and O–H groups in total. The number of nitrogens with one attached hydrogen (secondary N) is 1. The molecule has 0 bridgehead atoms. The zero-order valence-corrected chi connectivity index (χ0v) is 20.2. The number of carbonyl (C=O) groups is 1. The standard InChI is InChI=1S/C26H31N5O3/c1-18-14-23(27-3)30-25(29-18)26(2)11-7-13-31(17-26)24(32)19-9-10-21(22(15-19)33-4)34-16-20-8-5-6-12-28-20/h5-6,8-10,12,14-15H,7,11,13,16-17H2,1-4H3,(H,27,29,30)/t26-/m1/s1. The minimum absolute atomic E-state index is 0.0398. The van der Waals surface area contributed by atoms with Gasteiger partial charge in [0.25, 0.3) is 5.91 Å². The van der Waals surface area contributed by atoms with Gasteiger partial charge in [-0.2, -0.15) is 0 Å². The van der Waals surface area contributed by atoms with Crippen molar-refractivity contribution in [2.24, 2.45) is 0 Å². The van der Waals surface area contributed by atoms with Crippen molar-refractivity contribution in [2.75, 3.05) is 32.6 Å². The lowest BCUT2D eigenvalue weighted by Gasteiger charge is -2.39. The Balaban J connectivity index is 1.51. The van der Waals surface area contributed by atoms with E-state index in [1.165, 1.54) is 0 Å². The number of carbonyl (C=O) groups excluding carboxylic acids is 1. The minimum Gasteiger partial charge on any atom is -0.493 e. The molecule has 1 saturated heterocycles. The van der Waals surface area contributed by atoms with Crippen molar-refractivity contribution in [3.63, 3.8) is 0 Å². The fourth-order valence-corrected chi connectivity index (χ4v) is 4.30. The van der Waals surface area contributed by atoms with Crippen molar-refractivity contribution in [3.05, 3.63) is 71.4 Å². The Kier molecular flexibility index (Phi) is 6.95. The topological polar surface area (TPSA) is 89.5 Å². The highest BCUT2D eigenvalue weighted by atomic mass is 16.5. The van der Waals surface area contributed by atoms with E-state index in [-0.39, 0.29) is 11.3 Å². The zero-order chi connectivity index (χ0) is 24.1. The molecule has 8 nitrogen and oxygen atoms in total. The second-order valence-corrected chi connectivity index (χ2v) is 8.83. The lowest BCUT2D eigenvalue weighted by Crippen LogP contribution is -2.48. The number of nitrogens with zero attached hydrogens (tertiary/aromatic N) is 4. The van der Waals surface area contributed by atoms with Crippen LogP contribution in [0.4, 0.5) is 5.82 Å². The van der Waals surface area contributed by atoms with Gasteiger partial charge in [0.15, 0.2) is 11.5 Å². The van der Waals surface area contributed by atoms with Crippen molar-refractivity contribution < 1.29 is 14.3 Å². The molecule has 178 valence electrons. The molecule has 1 aliphatic heterocycles. The second-order valence-electron chi connectivity index (χ2n) is 8.83. The highest BCUT2D eigenvalue weighted by Gasteiger charge is 2.37. The van der Waals surface area contributed by atoms with Crippen molar-refractivity contribution in [3.8, 4) is 11.5 Å². The summed E-state index contributed by atoms with van der Waals surface area (Å²) in [5, 5.41) is 3.10. The van der Waals surface area contributed by atoms with Gasteiger partial charge >= 0.3 is 0 Å². The smallest absolute Gasteiger partial charge is 0.254 e. The molecule has 1 amide bonds. The Hall–Kier alpha value is -3.68. The van der Waals surface area contributed by atoms with Gasteiger partial charge in [-0.1, -0.05) is 13.0 Å². The van der Waals surface area contributed by atoms with Gasteiger partial charge < -0.3 is 19.7 Å². The van der Waals surface area contributed by atoms with Crippen LogP contribution in [0.2, 0.25) is 0 Å². The normalized spacial score (nSPS) is 17.8. The molecule has 0 aliphatic carbocycles. The number of piperidine rings is 1. The fourth-order valence-electron chi connectivity index (χ4n) is 4.30. The number of pyridine rings is 1. The molecule has 2 aromatic heterocycles. The van der Waals surface area contributed by atoms with E-state index in [0.29, 0.717) is 36.8 Å². The van der Waals surface area contributed by atoms with Crippen LogP contribution >= 0.6 is 0 Å². The Morgan fingerprint density at radius 3 is 2.76 bits per heavy atom. The van der Waals surface area contributed by atoms with Gasteiger partial charge in [-0.05, 0) is 50.1 Å². The van der Waals surface area contributed by atoms with Crippen LogP contribution in [0.3, 0.4) is 0 Å². The Labute approximate surface area is 200 Å². The molecule has 1 fully saturated rings. The molecule has 1 atom stereocenters. The lowest BCUT2D eigenvalue weighted by atomic mass is 9.80. The minimum atomic E-state index is -0.318. The highest BCUT2D eigenvalue weighted by Crippen LogP contribution is 2.34. The number of rotatable bonds is 7. The van der Waals surface area contributed by atoms with Crippen molar-refractivity contribution in [1.29, 1.82) is 0 Å². The molecule has 0 saturated carbocycles. The van der Waals surface area contributed by atoms with E-state index in [1.54, 1.807) is 31.5 Å². The summed E-state index contributed by atoms with van der Waals surface area (Å²) in [6.07, 6.45) is 3.54. The van der Waals surface area contributed by atoms with Gasteiger partial charge in [0.1, 0.15) is 18.2 Å². The predicted octanol–water partition coefficient (Wildman–Crippen LogP) is 4.00.